The molecule has 0 radical (unpaired) electrons. The first-order chi connectivity index (χ1) is 15.2. The fraction of sp³-hybridized carbons (Fsp3) is 0.786. The van der Waals surface area contributed by atoms with Crippen molar-refractivity contribution in [2.45, 2.75) is 149 Å². The molecule has 1 aromatic carbocycles. The van der Waals surface area contributed by atoms with Gasteiger partial charge in [0.1, 0.15) is 4.90 Å². The van der Waals surface area contributed by atoms with Crippen molar-refractivity contribution in [3.63, 3.8) is 0 Å². The lowest BCUT2D eigenvalue weighted by Crippen LogP contribution is -2.10. The average Bonchev–Trinajstić information content (AvgIpc) is 2.73. The summed E-state index contributed by atoms with van der Waals surface area (Å²) in [6.07, 6.45) is 22.5. The quantitative estimate of drug-likeness (QED) is 0.161. The summed E-state index contributed by atoms with van der Waals surface area (Å²) in [4.78, 5) is 0.118. The molecule has 0 aliphatic carbocycles. The first kappa shape index (κ1) is 32.1. The van der Waals surface area contributed by atoms with E-state index >= 15 is 0 Å². The van der Waals surface area contributed by atoms with Gasteiger partial charge in [-0.05, 0) is 68.4 Å². The zero-order valence-corrected chi connectivity index (χ0v) is 23.2. The number of hydrogen-bond acceptors (Lipinski definition) is 3. The van der Waals surface area contributed by atoms with Crippen LogP contribution in [0.1, 0.15) is 137 Å². The Kier molecular flexibility index (Phi) is 17.0. The van der Waals surface area contributed by atoms with E-state index in [1.807, 2.05) is 13.8 Å². The maximum atomic E-state index is 11.9. The van der Waals surface area contributed by atoms with Gasteiger partial charge in [-0.25, -0.2) is 0 Å². The first-order valence-corrected chi connectivity index (χ1v) is 14.7. The fourth-order valence-corrected chi connectivity index (χ4v) is 6.04. The minimum absolute atomic E-state index is 0. The molecule has 0 aliphatic heterocycles. The molecule has 0 unspecified atom stereocenters. The Morgan fingerprint density at radius 2 is 0.909 bits per heavy atom. The van der Waals surface area contributed by atoms with Gasteiger partial charge in [-0.2, -0.15) is 8.42 Å². The molecule has 0 aromatic heterocycles. The summed E-state index contributed by atoms with van der Waals surface area (Å²) in [5.74, 6) is 0. The van der Waals surface area contributed by atoms with Gasteiger partial charge in [0.25, 0.3) is 10.1 Å². The molecule has 4 nitrogen and oxygen atoms in total. The Hall–Kier alpha value is -0.910. The van der Waals surface area contributed by atoms with Crippen molar-refractivity contribution >= 4 is 10.1 Å². The molecule has 0 aliphatic rings. The number of hydrogen-bond donors (Lipinski definition) is 2. The normalized spacial score (nSPS) is 11.6. The second-order valence-corrected chi connectivity index (χ2v) is 11.2. The van der Waals surface area contributed by atoms with E-state index in [0.717, 1.165) is 29.5 Å². The molecule has 4 N–H and O–H groups in total. The van der Waals surface area contributed by atoms with Crippen LogP contribution in [-0.4, -0.2) is 13.0 Å². The van der Waals surface area contributed by atoms with Gasteiger partial charge in [-0.1, -0.05) is 103 Å². The van der Waals surface area contributed by atoms with Crippen LogP contribution in [0, 0.1) is 27.7 Å². The Bertz CT molecular complexity index is 772. The highest BCUT2D eigenvalue weighted by Gasteiger charge is 2.22. The maximum Gasteiger partial charge on any atom is 0.295 e. The molecule has 0 saturated carbocycles. The zero-order valence-electron chi connectivity index (χ0n) is 22.4. The Labute approximate surface area is 205 Å². The molecular weight excluding hydrogens is 430 g/mol. The second-order valence-electron chi connectivity index (χ2n) is 9.84. The number of unbranched alkanes of at least 4 members (excludes halogenated alkanes) is 15. The van der Waals surface area contributed by atoms with Crippen LogP contribution in [0.4, 0.5) is 0 Å². The van der Waals surface area contributed by atoms with Crippen LogP contribution in [-0.2, 0) is 16.5 Å². The maximum absolute atomic E-state index is 11.9. The molecule has 0 spiro atoms. The molecule has 0 bridgehead atoms. The van der Waals surface area contributed by atoms with Crippen LogP contribution in [0.3, 0.4) is 0 Å². The Balaban J connectivity index is 0.0000102. The lowest BCUT2D eigenvalue weighted by atomic mass is 9.91. The van der Waals surface area contributed by atoms with Gasteiger partial charge in [-0.3, -0.25) is 4.55 Å². The molecule has 0 atom stereocenters. The highest BCUT2D eigenvalue weighted by atomic mass is 32.2. The summed E-state index contributed by atoms with van der Waals surface area (Å²) >= 11 is 0. The summed E-state index contributed by atoms with van der Waals surface area (Å²) in [6, 6.07) is 0. The van der Waals surface area contributed by atoms with Gasteiger partial charge in [0, 0.05) is 0 Å². The molecular formula is C28H53NO3S. The Morgan fingerprint density at radius 1 is 0.545 bits per heavy atom. The van der Waals surface area contributed by atoms with Crippen molar-refractivity contribution in [3.8, 4) is 0 Å². The van der Waals surface area contributed by atoms with Crippen LogP contribution in [0.5, 0.6) is 0 Å². The van der Waals surface area contributed by atoms with Crippen LogP contribution < -0.4 is 6.15 Å². The summed E-state index contributed by atoms with van der Waals surface area (Å²) < 4.78 is 33.4. The third-order valence-corrected chi connectivity index (χ3v) is 8.38. The topological polar surface area (TPSA) is 89.4 Å². The molecule has 194 valence electrons. The highest BCUT2D eigenvalue weighted by Crippen LogP contribution is 2.31. The van der Waals surface area contributed by atoms with E-state index in [4.69, 9.17) is 0 Å². The van der Waals surface area contributed by atoms with Crippen molar-refractivity contribution in [1.82, 2.24) is 6.15 Å². The largest absolute Gasteiger partial charge is 0.344 e. The zero-order chi connectivity index (χ0) is 24.0. The molecule has 0 heterocycles. The lowest BCUT2D eigenvalue weighted by molar-refractivity contribution is 0.481. The number of benzene rings is 1. The molecule has 0 fully saturated rings. The van der Waals surface area contributed by atoms with Crippen molar-refractivity contribution in [1.29, 1.82) is 0 Å². The third-order valence-electron chi connectivity index (χ3n) is 7.25. The van der Waals surface area contributed by atoms with Crippen molar-refractivity contribution in [2.75, 3.05) is 0 Å². The monoisotopic (exact) mass is 483 g/mol. The van der Waals surface area contributed by atoms with Gasteiger partial charge in [0.05, 0.1) is 0 Å². The molecule has 1 aromatic rings. The summed E-state index contributed by atoms with van der Waals surface area (Å²) in [6.45, 7) is 9.93. The van der Waals surface area contributed by atoms with E-state index < -0.39 is 10.1 Å². The minimum Gasteiger partial charge on any atom is -0.344 e. The van der Waals surface area contributed by atoms with E-state index in [2.05, 4.69) is 13.8 Å². The summed E-state index contributed by atoms with van der Waals surface area (Å²) in [7, 11) is -4.19. The van der Waals surface area contributed by atoms with E-state index in [9.17, 15) is 13.0 Å². The van der Waals surface area contributed by atoms with Gasteiger partial charge in [0.2, 0.25) is 0 Å². The van der Waals surface area contributed by atoms with Crippen LogP contribution >= 0.6 is 0 Å². The molecule has 5 heteroatoms. The first-order valence-electron chi connectivity index (χ1n) is 13.3. The lowest BCUT2D eigenvalue weighted by Gasteiger charge is -2.19. The summed E-state index contributed by atoms with van der Waals surface area (Å²) in [5, 5.41) is 0. The second kappa shape index (κ2) is 17.5. The van der Waals surface area contributed by atoms with Gasteiger partial charge >= 0.3 is 0 Å². The van der Waals surface area contributed by atoms with Gasteiger partial charge in [-0.15, -0.1) is 0 Å². The van der Waals surface area contributed by atoms with Crippen molar-refractivity contribution < 1.29 is 13.0 Å². The molecule has 1 rings (SSSR count). The van der Waals surface area contributed by atoms with Crippen LogP contribution in [0.2, 0.25) is 0 Å². The molecule has 0 amide bonds. The highest BCUT2D eigenvalue weighted by molar-refractivity contribution is 7.86. The third kappa shape index (κ3) is 11.9. The predicted molar refractivity (Wildman–Crippen MR) is 143 cm³/mol. The van der Waals surface area contributed by atoms with Gasteiger partial charge < -0.3 is 6.15 Å². The van der Waals surface area contributed by atoms with Gasteiger partial charge in [0.15, 0.2) is 0 Å². The number of rotatable bonds is 18. The minimum atomic E-state index is -4.19. The van der Waals surface area contributed by atoms with Crippen molar-refractivity contribution in [2.24, 2.45) is 0 Å². The standard InChI is InChI=1S/C28H50O3S.H3N/c1-6-7-8-9-10-11-12-13-14-15-16-17-18-19-20-21-22-27-24(3)23(2)25(4)28(26(27)5)32(29,30)31;/h6-22H2,1-5H3,(H,29,30,31);1H3. The van der Waals surface area contributed by atoms with E-state index in [1.165, 1.54) is 102 Å². The predicted octanol–water partition coefficient (Wildman–Crippen LogP) is 9.13. The van der Waals surface area contributed by atoms with E-state index in [1.54, 1.807) is 6.92 Å². The van der Waals surface area contributed by atoms with E-state index in [0.29, 0.717) is 5.56 Å². The SMILES string of the molecule is CCCCCCCCCCCCCCCCCCc1c(C)c(C)c(C)c(S(=O)(=O)O)c1C.N. The fourth-order valence-electron chi connectivity index (χ4n) is 4.99. The van der Waals surface area contributed by atoms with Crippen LogP contribution in [0.15, 0.2) is 4.90 Å². The average molecular weight is 484 g/mol. The van der Waals surface area contributed by atoms with Crippen molar-refractivity contribution in [3.05, 3.63) is 27.8 Å². The molecule has 33 heavy (non-hydrogen) atoms. The smallest absolute Gasteiger partial charge is 0.295 e. The van der Waals surface area contributed by atoms with Crippen LogP contribution in [0.25, 0.3) is 0 Å². The van der Waals surface area contributed by atoms with E-state index in [-0.39, 0.29) is 11.0 Å². The molecule has 0 saturated heterocycles. The Morgan fingerprint density at radius 3 is 1.27 bits per heavy atom. The summed E-state index contributed by atoms with van der Waals surface area (Å²) in [5.41, 5.74) is 4.67.